The number of aromatic nitrogens is 1. The Morgan fingerprint density at radius 2 is 1.48 bits per heavy atom. The highest BCUT2D eigenvalue weighted by Crippen LogP contribution is 2.37. The molecule has 0 spiro atoms. The smallest absolute Gasteiger partial charge is 0.338 e. The number of carboxylic acid groups (broad SMARTS) is 1. The summed E-state index contributed by atoms with van der Waals surface area (Å²) in [5.41, 5.74) is 4.32. The highest BCUT2D eigenvalue weighted by molar-refractivity contribution is 6.06. The van der Waals surface area contributed by atoms with E-state index in [1.807, 2.05) is 0 Å². The van der Waals surface area contributed by atoms with Gasteiger partial charge in [-0.25, -0.2) is 4.79 Å². The van der Waals surface area contributed by atoms with Crippen molar-refractivity contribution in [1.29, 1.82) is 0 Å². The number of ketones is 3. The molecule has 16 heteroatoms. The minimum absolute atomic E-state index is 0.0109. The zero-order valence-electron chi connectivity index (χ0n) is 35.8. The molecule has 2 saturated carbocycles. The Balaban J connectivity index is 1.58. The fourth-order valence-corrected chi connectivity index (χ4v) is 9.14. The molecule has 0 bridgehead atoms. The number of carbonyl (C=O) groups excluding carboxylic acids is 8. The minimum Gasteiger partial charge on any atom is -0.478 e. The van der Waals surface area contributed by atoms with Gasteiger partial charge in [0.1, 0.15) is 6.04 Å². The average Bonchev–Trinajstić information content (AvgIpc) is 3.63. The number of amides is 5. The maximum Gasteiger partial charge on any atom is 0.338 e. The van der Waals surface area contributed by atoms with Crippen LogP contribution < -0.4 is 21.7 Å². The molecule has 2 aliphatic carbocycles. The van der Waals surface area contributed by atoms with E-state index in [2.05, 4.69) is 20.9 Å². The number of carboxylic acids is 1. The number of rotatable bonds is 19. The van der Waals surface area contributed by atoms with Crippen molar-refractivity contribution in [2.75, 3.05) is 13.6 Å². The first-order chi connectivity index (χ1) is 28.3. The SMILES string of the molecule is CNC(=O)C(C)CC[C@H](NC(=O)c1ccncc1C(=O)O)C(=O)C[C@H](C(=O)N1CC(=O)C[C@H]1C(=O)C[C@H](C(=O)N[C@H](C(N)=O)C1CCCCC1)C1CCCCC1)C(C)(C)C. The van der Waals surface area contributed by atoms with Crippen LogP contribution in [-0.2, 0) is 33.6 Å². The van der Waals surface area contributed by atoms with Crippen molar-refractivity contribution in [2.45, 2.75) is 142 Å². The summed E-state index contributed by atoms with van der Waals surface area (Å²) in [6.07, 6.45) is 10.2. The number of primary amides is 1. The van der Waals surface area contributed by atoms with Crippen LogP contribution in [0.2, 0.25) is 0 Å². The molecule has 5 amide bonds. The number of aromatic carboxylic acids is 1. The predicted molar refractivity (Wildman–Crippen MR) is 220 cm³/mol. The van der Waals surface area contributed by atoms with Crippen LogP contribution >= 0.6 is 0 Å². The number of pyridine rings is 1. The van der Waals surface area contributed by atoms with Gasteiger partial charge in [-0.3, -0.25) is 43.3 Å². The summed E-state index contributed by atoms with van der Waals surface area (Å²) in [6, 6.07) is -2.05. The first kappa shape index (κ1) is 47.7. The second-order valence-corrected chi connectivity index (χ2v) is 18.1. The van der Waals surface area contributed by atoms with Gasteiger partial charge in [-0.2, -0.15) is 0 Å². The lowest BCUT2D eigenvalue weighted by atomic mass is 9.75. The molecule has 2 heterocycles. The topological polar surface area (TPSA) is 252 Å². The molecule has 1 unspecified atom stereocenters. The number of hydrogen-bond acceptors (Lipinski definition) is 10. The van der Waals surface area contributed by atoms with Crippen LogP contribution in [0.15, 0.2) is 18.5 Å². The number of Topliss-reactive ketones (excluding diaryl/α,β-unsaturated/α-hetero) is 3. The third-order valence-electron chi connectivity index (χ3n) is 12.8. The lowest BCUT2D eigenvalue weighted by Gasteiger charge is -2.36. The van der Waals surface area contributed by atoms with Gasteiger partial charge in [-0.1, -0.05) is 66.2 Å². The molecule has 4 rings (SSSR count). The quantitative estimate of drug-likeness (QED) is 0.135. The molecule has 6 atom stereocenters. The van der Waals surface area contributed by atoms with Crippen LogP contribution in [0, 0.1) is 35.0 Å². The van der Waals surface area contributed by atoms with Crippen LogP contribution in [0.4, 0.5) is 0 Å². The van der Waals surface area contributed by atoms with Crippen molar-refractivity contribution in [3.63, 3.8) is 0 Å². The zero-order valence-corrected chi connectivity index (χ0v) is 35.8. The maximum absolute atomic E-state index is 14.6. The van der Waals surface area contributed by atoms with Crippen molar-refractivity contribution >= 4 is 52.9 Å². The van der Waals surface area contributed by atoms with E-state index in [4.69, 9.17) is 5.73 Å². The molecular formula is C44H64N6O10. The lowest BCUT2D eigenvalue weighted by molar-refractivity contribution is -0.147. The molecule has 60 heavy (non-hydrogen) atoms. The van der Waals surface area contributed by atoms with Gasteiger partial charge in [0, 0.05) is 56.5 Å². The van der Waals surface area contributed by atoms with Gasteiger partial charge in [0.05, 0.1) is 29.8 Å². The van der Waals surface area contributed by atoms with Crippen LogP contribution in [0.3, 0.4) is 0 Å². The number of carbonyl (C=O) groups is 9. The number of hydrogen-bond donors (Lipinski definition) is 5. The van der Waals surface area contributed by atoms with E-state index in [1.54, 1.807) is 27.7 Å². The molecule has 0 radical (unpaired) electrons. The monoisotopic (exact) mass is 836 g/mol. The van der Waals surface area contributed by atoms with Crippen molar-refractivity contribution in [3.05, 3.63) is 29.6 Å². The summed E-state index contributed by atoms with van der Waals surface area (Å²) in [5.74, 6) is -8.17. The average molecular weight is 837 g/mol. The summed E-state index contributed by atoms with van der Waals surface area (Å²) in [6.45, 7) is 6.55. The molecule has 3 fully saturated rings. The Morgan fingerprint density at radius 1 is 0.867 bits per heavy atom. The summed E-state index contributed by atoms with van der Waals surface area (Å²) >= 11 is 0. The van der Waals surface area contributed by atoms with Crippen molar-refractivity contribution < 1.29 is 48.3 Å². The predicted octanol–water partition coefficient (Wildman–Crippen LogP) is 3.54. The van der Waals surface area contributed by atoms with E-state index < -0.39 is 88.9 Å². The van der Waals surface area contributed by atoms with Gasteiger partial charge in [-0.05, 0) is 61.8 Å². The van der Waals surface area contributed by atoms with Crippen molar-refractivity contribution in [3.8, 4) is 0 Å². The van der Waals surface area contributed by atoms with E-state index in [0.717, 1.165) is 70.4 Å². The largest absolute Gasteiger partial charge is 0.478 e. The van der Waals surface area contributed by atoms with Crippen molar-refractivity contribution in [1.82, 2.24) is 25.8 Å². The summed E-state index contributed by atoms with van der Waals surface area (Å²) < 4.78 is 0. The summed E-state index contributed by atoms with van der Waals surface area (Å²) in [4.78, 5) is 126. The molecule has 0 aromatic carbocycles. The normalized spacial score (nSPS) is 20.2. The zero-order chi connectivity index (χ0) is 44.3. The second-order valence-electron chi connectivity index (χ2n) is 18.1. The van der Waals surface area contributed by atoms with Gasteiger partial charge in [-0.15, -0.1) is 0 Å². The first-order valence-electron chi connectivity index (χ1n) is 21.5. The van der Waals surface area contributed by atoms with Gasteiger partial charge in [0.15, 0.2) is 17.3 Å². The third kappa shape index (κ3) is 12.5. The first-order valence-corrected chi connectivity index (χ1v) is 21.5. The van der Waals surface area contributed by atoms with Gasteiger partial charge >= 0.3 is 5.97 Å². The lowest BCUT2D eigenvalue weighted by Crippen LogP contribution is -2.53. The van der Waals surface area contributed by atoms with Gasteiger partial charge < -0.3 is 31.7 Å². The summed E-state index contributed by atoms with van der Waals surface area (Å²) in [7, 11) is 1.48. The molecule has 1 aromatic rings. The van der Waals surface area contributed by atoms with E-state index in [-0.39, 0.29) is 66.9 Å². The molecule has 16 nitrogen and oxygen atoms in total. The molecule has 1 aromatic heterocycles. The third-order valence-corrected chi connectivity index (χ3v) is 12.8. The Labute approximate surface area is 352 Å². The van der Waals surface area contributed by atoms with E-state index in [0.29, 0.717) is 0 Å². The van der Waals surface area contributed by atoms with Crippen LogP contribution in [-0.4, -0.2) is 99.6 Å². The molecular weight excluding hydrogens is 773 g/mol. The van der Waals surface area contributed by atoms with Crippen LogP contribution in [0.1, 0.15) is 145 Å². The van der Waals surface area contributed by atoms with Crippen LogP contribution in [0.5, 0.6) is 0 Å². The minimum atomic E-state index is -1.40. The van der Waals surface area contributed by atoms with E-state index in [1.165, 1.54) is 24.2 Å². The second kappa shape index (κ2) is 21.5. The molecule has 1 saturated heterocycles. The number of likely N-dealkylation sites (tertiary alicyclic amines) is 1. The Morgan fingerprint density at radius 3 is 2.05 bits per heavy atom. The number of nitrogens with zero attached hydrogens (tertiary/aromatic N) is 2. The maximum atomic E-state index is 14.6. The highest BCUT2D eigenvalue weighted by Gasteiger charge is 2.46. The van der Waals surface area contributed by atoms with Gasteiger partial charge in [0.2, 0.25) is 23.6 Å². The van der Waals surface area contributed by atoms with Gasteiger partial charge in [0.25, 0.3) is 5.91 Å². The fourth-order valence-electron chi connectivity index (χ4n) is 9.14. The molecule has 1 aliphatic heterocycles. The summed E-state index contributed by atoms with van der Waals surface area (Å²) in [5, 5.41) is 17.8. The standard InChI is InChI=1S/C44H64N6O10/c1-25(39(55)46-5)16-17-33(48-40(56)29-18-19-47-23-31(29)43(59)60)35(52)22-32(44(2,3)4)42(58)50-24-28(51)20-34(50)36(53)21-30(26-12-8-6-9-13-26)41(57)49-37(38(45)54)27-14-10-7-11-15-27/h18-19,23,25-27,30,32-34,37H,6-17,20-22,24H2,1-5H3,(H2,45,54)(H,46,55)(H,48,56)(H,49,57)(H,59,60)/t25?,30-,32+,33-,34-,37-/m0/s1. The van der Waals surface area contributed by atoms with Crippen LogP contribution in [0.25, 0.3) is 0 Å². The molecule has 3 aliphatic rings. The Bertz CT molecular complexity index is 1780. The van der Waals surface area contributed by atoms with E-state index >= 15 is 0 Å². The van der Waals surface area contributed by atoms with Crippen molar-refractivity contribution in [2.24, 2.45) is 40.7 Å². The number of nitrogens with one attached hydrogen (secondary N) is 3. The number of nitrogens with two attached hydrogens (primary N) is 1. The molecule has 330 valence electrons. The Hall–Kier alpha value is -5.02. The van der Waals surface area contributed by atoms with E-state index in [9.17, 15) is 48.3 Å². The Kier molecular flexibility index (Phi) is 17.1. The highest BCUT2D eigenvalue weighted by atomic mass is 16.4. The molecule has 6 N–H and O–H groups in total. The fraction of sp³-hybridized carbons (Fsp3) is 0.682.